The maximum atomic E-state index is 12.2. The van der Waals surface area contributed by atoms with Crippen LogP contribution in [0.25, 0.3) is 0 Å². The second kappa shape index (κ2) is 7.86. The first kappa shape index (κ1) is 16.4. The highest BCUT2D eigenvalue weighted by Gasteiger charge is 2.12. The average Bonchev–Trinajstić information content (AvgIpc) is 2.98. The first-order valence-electron chi connectivity index (χ1n) is 6.60. The minimum atomic E-state index is -0.498. The van der Waals surface area contributed by atoms with Gasteiger partial charge < -0.3 is 10.1 Å². The Bertz CT molecular complexity index is 653. The number of amides is 2. The van der Waals surface area contributed by atoms with Crippen molar-refractivity contribution in [1.82, 2.24) is 0 Å². The van der Waals surface area contributed by atoms with Crippen molar-refractivity contribution in [2.24, 2.45) is 0 Å². The van der Waals surface area contributed by atoms with Gasteiger partial charge in [0.15, 0.2) is 0 Å². The van der Waals surface area contributed by atoms with Gasteiger partial charge >= 0.3 is 6.09 Å². The fourth-order valence-electron chi connectivity index (χ4n) is 1.73. The molecular weight excluding hydrogens is 320 g/mol. The van der Waals surface area contributed by atoms with E-state index in [1.807, 2.05) is 17.7 Å². The summed E-state index contributed by atoms with van der Waals surface area (Å²) < 4.78 is 4.79. The molecule has 0 unspecified atom stereocenters. The second-order valence-corrected chi connectivity index (χ2v) is 5.96. The standard InChI is InChI=1S/C15H16N2O3S2/c1-3-20-15(19)17-11-6-4-10(5-7-11)16-14(18)13-12(21-2)8-9-22-13/h4-9H,3H2,1-2H3,(H,16,18)(H,17,19). The number of ether oxygens (including phenoxy) is 1. The van der Waals surface area contributed by atoms with Gasteiger partial charge in [0.05, 0.1) is 6.61 Å². The third-order valence-electron chi connectivity index (χ3n) is 2.72. The van der Waals surface area contributed by atoms with Crippen molar-refractivity contribution < 1.29 is 14.3 Å². The van der Waals surface area contributed by atoms with E-state index < -0.39 is 6.09 Å². The molecule has 1 heterocycles. The molecule has 5 nitrogen and oxygen atoms in total. The highest BCUT2D eigenvalue weighted by molar-refractivity contribution is 7.98. The zero-order valence-corrected chi connectivity index (χ0v) is 13.8. The number of benzene rings is 1. The van der Waals surface area contributed by atoms with E-state index in [2.05, 4.69) is 10.6 Å². The molecule has 22 heavy (non-hydrogen) atoms. The SMILES string of the molecule is CCOC(=O)Nc1ccc(NC(=O)c2sccc2SC)cc1. The van der Waals surface area contributed by atoms with Crippen LogP contribution in [0.3, 0.4) is 0 Å². The molecule has 0 saturated heterocycles. The predicted octanol–water partition coefficient (Wildman–Crippen LogP) is 4.29. The van der Waals surface area contributed by atoms with Crippen LogP contribution in [-0.4, -0.2) is 24.9 Å². The van der Waals surface area contributed by atoms with E-state index in [0.717, 1.165) is 4.90 Å². The van der Waals surface area contributed by atoms with Gasteiger partial charge in [-0.05, 0) is 48.9 Å². The van der Waals surface area contributed by atoms with Crippen LogP contribution in [0.2, 0.25) is 0 Å². The number of carbonyl (C=O) groups excluding carboxylic acids is 2. The molecule has 0 aliphatic heterocycles. The molecule has 2 aromatic rings. The van der Waals surface area contributed by atoms with Crippen LogP contribution >= 0.6 is 23.1 Å². The summed E-state index contributed by atoms with van der Waals surface area (Å²) in [5, 5.41) is 7.33. The summed E-state index contributed by atoms with van der Waals surface area (Å²) in [6, 6.07) is 8.79. The molecule has 1 aromatic heterocycles. The molecule has 2 N–H and O–H groups in total. The highest BCUT2D eigenvalue weighted by Crippen LogP contribution is 2.26. The van der Waals surface area contributed by atoms with Crippen LogP contribution < -0.4 is 10.6 Å². The van der Waals surface area contributed by atoms with E-state index in [4.69, 9.17) is 4.74 Å². The van der Waals surface area contributed by atoms with Crippen molar-refractivity contribution in [3.8, 4) is 0 Å². The van der Waals surface area contributed by atoms with E-state index in [1.165, 1.54) is 11.3 Å². The van der Waals surface area contributed by atoms with Crippen molar-refractivity contribution >= 4 is 46.5 Å². The molecule has 0 spiro atoms. The van der Waals surface area contributed by atoms with Crippen molar-refractivity contribution in [2.75, 3.05) is 23.5 Å². The van der Waals surface area contributed by atoms with Gasteiger partial charge in [0.25, 0.3) is 5.91 Å². The number of nitrogens with one attached hydrogen (secondary N) is 2. The van der Waals surface area contributed by atoms with E-state index in [9.17, 15) is 9.59 Å². The van der Waals surface area contributed by atoms with E-state index >= 15 is 0 Å². The Hall–Kier alpha value is -1.99. The summed E-state index contributed by atoms with van der Waals surface area (Å²) >= 11 is 2.96. The summed E-state index contributed by atoms with van der Waals surface area (Å²) in [5.41, 5.74) is 1.28. The molecule has 2 amide bonds. The van der Waals surface area contributed by atoms with Gasteiger partial charge in [0, 0.05) is 16.3 Å². The Morgan fingerprint density at radius 3 is 2.36 bits per heavy atom. The smallest absolute Gasteiger partial charge is 0.411 e. The Morgan fingerprint density at radius 2 is 1.77 bits per heavy atom. The van der Waals surface area contributed by atoms with Crippen molar-refractivity contribution in [3.05, 3.63) is 40.6 Å². The Balaban J connectivity index is 1.99. The Kier molecular flexibility index (Phi) is 5.85. The van der Waals surface area contributed by atoms with Gasteiger partial charge in [0.2, 0.25) is 0 Å². The lowest BCUT2D eigenvalue weighted by Gasteiger charge is -2.08. The number of thiophene rings is 1. The number of anilines is 2. The summed E-state index contributed by atoms with van der Waals surface area (Å²) in [6.07, 6.45) is 1.44. The van der Waals surface area contributed by atoms with E-state index in [-0.39, 0.29) is 5.91 Å². The monoisotopic (exact) mass is 336 g/mol. The summed E-state index contributed by atoms with van der Waals surface area (Å²) in [5.74, 6) is -0.134. The van der Waals surface area contributed by atoms with Crippen molar-refractivity contribution in [3.63, 3.8) is 0 Å². The fourth-order valence-corrected chi connectivity index (χ4v) is 3.38. The number of hydrogen-bond donors (Lipinski definition) is 2. The molecule has 116 valence electrons. The molecular formula is C15H16N2O3S2. The molecule has 0 aliphatic carbocycles. The number of carbonyl (C=O) groups is 2. The zero-order valence-electron chi connectivity index (χ0n) is 12.2. The summed E-state index contributed by atoms with van der Waals surface area (Å²) in [6.45, 7) is 2.06. The van der Waals surface area contributed by atoms with Crippen LogP contribution in [0.15, 0.2) is 40.6 Å². The molecule has 7 heteroatoms. The predicted molar refractivity (Wildman–Crippen MR) is 91.1 cm³/mol. The highest BCUT2D eigenvalue weighted by atomic mass is 32.2. The van der Waals surface area contributed by atoms with Gasteiger partial charge in [-0.25, -0.2) is 4.79 Å². The molecule has 0 saturated carbocycles. The Labute approximate surface area is 137 Å². The topological polar surface area (TPSA) is 67.4 Å². The van der Waals surface area contributed by atoms with Gasteiger partial charge in [-0.3, -0.25) is 10.1 Å². The lowest BCUT2D eigenvalue weighted by Crippen LogP contribution is -2.13. The Morgan fingerprint density at radius 1 is 1.14 bits per heavy atom. The van der Waals surface area contributed by atoms with Gasteiger partial charge in [0.1, 0.15) is 4.88 Å². The van der Waals surface area contributed by atoms with Crippen LogP contribution in [0.1, 0.15) is 16.6 Å². The zero-order chi connectivity index (χ0) is 15.9. The molecule has 0 radical (unpaired) electrons. The summed E-state index contributed by atoms with van der Waals surface area (Å²) in [4.78, 5) is 25.2. The van der Waals surface area contributed by atoms with Crippen molar-refractivity contribution in [1.29, 1.82) is 0 Å². The lowest BCUT2D eigenvalue weighted by atomic mass is 10.2. The van der Waals surface area contributed by atoms with Crippen LogP contribution in [0.5, 0.6) is 0 Å². The lowest BCUT2D eigenvalue weighted by molar-refractivity contribution is 0.102. The van der Waals surface area contributed by atoms with E-state index in [0.29, 0.717) is 22.9 Å². The average molecular weight is 336 g/mol. The number of rotatable bonds is 5. The second-order valence-electron chi connectivity index (χ2n) is 4.20. The summed E-state index contributed by atoms with van der Waals surface area (Å²) in [7, 11) is 0. The molecule has 2 rings (SSSR count). The third kappa shape index (κ3) is 4.25. The van der Waals surface area contributed by atoms with Gasteiger partial charge in [-0.15, -0.1) is 23.1 Å². The maximum Gasteiger partial charge on any atom is 0.411 e. The quantitative estimate of drug-likeness (QED) is 0.799. The van der Waals surface area contributed by atoms with Gasteiger partial charge in [-0.1, -0.05) is 0 Å². The number of hydrogen-bond acceptors (Lipinski definition) is 5. The largest absolute Gasteiger partial charge is 0.450 e. The molecule has 1 aromatic carbocycles. The first-order chi connectivity index (χ1) is 10.6. The van der Waals surface area contributed by atoms with Crippen molar-refractivity contribution in [2.45, 2.75) is 11.8 Å². The molecule has 0 bridgehead atoms. The first-order valence-corrected chi connectivity index (χ1v) is 8.71. The van der Waals surface area contributed by atoms with Crippen LogP contribution in [-0.2, 0) is 4.74 Å². The molecule has 0 fully saturated rings. The minimum Gasteiger partial charge on any atom is -0.450 e. The number of thioether (sulfide) groups is 1. The maximum absolute atomic E-state index is 12.2. The van der Waals surface area contributed by atoms with Crippen LogP contribution in [0.4, 0.5) is 16.2 Å². The van der Waals surface area contributed by atoms with E-state index in [1.54, 1.807) is 43.0 Å². The normalized spacial score (nSPS) is 10.1. The minimum absolute atomic E-state index is 0.134. The van der Waals surface area contributed by atoms with Crippen LogP contribution in [0, 0.1) is 0 Å². The fraction of sp³-hybridized carbons (Fsp3) is 0.200. The van der Waals surface area contributed by atoms with Gasteiger partial charge in [-0.2, -0.15) is 0 Å². The molecule has 0 atom stereocenters. The molecule has 0 aliphatic rings. The third-order valence-corrected chi connectivity index (χ3v) is 4.54.